The predicted octanol–water partition coefficient (Wildman–Crippen LogP) is 3.45. The van der Waals surface area contributed by atoms with Crippen molar-refractivity contribution < 1.29 is 9.59 Å². The van der Waals surface area contributed by atoms with Crippen LogP contribution < -0.4 is 10.2 Å². The van der Waals surface area contributed by atoms with Crippen molar-refractivity contribution in [2.24, 2.45) is 0 Å². The van der Waals surface area contributed by atoms with Gasteiger partial charge in [-0.2, -0.15) is 0 Å². The molecule has 0 saturated carbocycles. The highest BCUT2D eigenvalue weighted by atomic mass is 35.5. The minimum absolute atomic E-state index is 0.136. The van der Waals surface area contributed by atoms with E-state index in [1.807, 2.05) is 45.0 Å². The zero-order valence-electron chi connectivity index (χ0n) is 19.5. The number of anilines is 1. The van der Waals surface area contributed by atoms with Crippen LogP contribution in [-0.2, 0) is 11.3 Å². The molecule has 1 N–H and O–H groups in total. The first-order valence-corrected chi connectivity index (χ1v) is 11.8. The van der Waals surface area contributed by atoms with Gasteiger partial charge in [0.25, 0.3) is 5.91 Å². The maximum atomic E-state index is 13.7. The third-order valence-corrected chi connectivity index (χ3v) is 7.60. The van der Waals surface area contributed by atoms with Crippen LogP contribution in [-0.4, -0.2) is 65.3 Å². The Morgan fingerprint density at radius 3 is 2.55 bits per heavy atom. The second-order valence-electron chi connectivity index (χ2n) is 9.40. The summed E-state index contributed by atoms with van der Waals surface area (Å²) in [5.41, 5.74) is 5.24. The van der Waals surface area contributed by atoms with Crippen molar-refractivity contribution in [2.75, 3.05) is 25.0 Å². The normalized spacial score (nSPS) is 25.5. The summed E-state index contributed by atoms with van der Waals surface area (Å²) in [5.74, 6) is -0.136. The molecule has 5 rings (SSSR count). The van der Waals surface area contributed by atoms with Crippen LogP contribution in [0.2, 0.25) is 5.02 Å². The van der Waals surface area contributed by atoms with E-state index in [4.69, 9.17) is 11.6 Å². The predicted molar refractivity (Wildman–Crippen MR) is 129 cm³/mol. The Kier molecular flexibility index (Phi) is 5.59. The fraction of sp³-hybridized carbons (Fsp3) is 0.440. The van der Waals surface area contributed by atoms with Gasteiger partial charge in [-0.05, 0) is 56.0 Å². The molecule has 3 saturated heterocycles. The number of amides is 3. The Labute approximate surface area is 199 Å². The lowest BCUT2D eigenvalue weighted by Crippen LogP contribution is -2.66. The average molecular weight is 468 g/mol. The second-order valence-corrected chi connectivity index (χ2v) is 9.80. The van der Waals surface area contributed by atoms with Crippen molar-refractivity contribution in [3.63, 3.8) is 0 Å². The van der Waals surface area contributed by atoms with Crippen LogP contribution in [0.3, 0.4) is 0 Å². The molecular formula is C25H30ClN5O2. The minimum Gasteiger partial charge on any atom is -0.343 e. The lowest BCUT2D eigenvalue weighted by atomic mass is 10.0. The van der Waals surface area contributed by atoms with Gasteiger partial charge in [0.15, 0.2) is 0 Å². The van der Waals surface area contributed by atoms with E-state index < -0.39 is 6.04 Å². The number of hydrogen-bond donors (Lipinski definition) is 1. The molecule has 0 spiro atoms. The highest BCUT2D eigenvalue weighted by molar-refractivity contribution is 6.31. The number of fused-ring (bicyclic) bond motifs is 3. The number of imide groups is 1. The van der Waals surface area contributed by atoms with Crippen LogP contribution in [0.15, 0.2) is 36.4 Å². The summed E-state index contributed by atoms with van der Waals surface area (Å²) in [4.78, 5) is 34.5. The Morgan fingerprint density at radius 1 is 1.03 bits per heavy atom. The van der Waals surface area contributed by atoms with Gasteiger partial charge in [0.05, 0.1) is 6.54 Å². The molecule has 3 heterocycles. The summed E-state index contributed by atoms with van der Waals surface area (Å²) < 4.78 is 0. The first-order valence-electron chi connectivity index (χ1n) is 11.4. The number of halogens is 1. The second kappa shape index (κ2) is 8.31. The van der Waals surface area contributed by atoms with Crippen LogP contribution in [0.25, 0.3) is 0 Å². The standard InChI is InChI=1S/C25H30ClN5O2/c1-15-6-7-16(2)18(12-15)14-31-23(32)21-22(28(4)25(31)33)27-24-29(10-5-11-30(21)24)19-9-8-17(3)20(26)13-19/h6-9,12-13,21-22,24,27H,5,10-11,14H2,1-4H3. The number of carbonyl (C=O) groups is 2. The summed E-state index contributed by atoms with van der Waals surface area (Å²) in [6, 6.07) is 11.5. The Morgan fingerprint density at radius 2 is 1.79 bits per heavy atom. The first-order chi connectivity index (χ1) is 15.8. The lowest BCUT2D eigenvalue weighted by Gasteiger charge is -2.44. The summed E-state index contributed by atoms with van der Waals surface area (Å²) >= 11 is 6.41. The number of aryl methyl sites for hydroxylation is 3. The number of likely N-dealkylation sites (N-methyl/N-ethyl adjacent to an activating group) is 1. The van der Waals surface area contributed by atoms with E-state index in [1.54, 1.807) is 11.9 Å². The topological polar surface area (TPSA) is 59.1 Å². The van der Waals surface area contributed by atoms with Gasteiger partial charge < -0.3 is 9.80 Å². The molecule has 33 heavy (non-hydrogen) atoms. The smallest absolute Gasteiger partial charge is 0.328 e. The molecular weight excluding hydrogens is 438 g/mol. The molecule has 3 fully saturated rings. The Hall–Kier alpha value is -2.61. The number of benzene rings is 2. The maximum absolute atomic E-state index is 13.7. The highest BCUT2D eigenvalue weighted by Crippen LogP contribution is 2.34. The third-order valence-electron chi connectivity index (χ3n) is 7.19. The number of urea groups is 1. The number of nitrogens with zero attached hydrogens (tertiary/aromatic N) is 4. The molecule has 174 valence electrons. The molecule has 3 aliphatic rings. The van der Waals surface area contributed by atoms with E-state index >= 15 is 0 Å². The molecule has 3 unspecified atom stereocenters. The summed E-state index contributed by atoms with van der Waals surface area (Å²) in [5, 5.41) is 4.28. The molecule has 0 bridgehead atoms. The van der Waals surface area contributed by atoms with Crippen LogP contribution in [0.4, 0.5) is 10.5 Å². The maximum Gasteiger partial charge on any atom is 0.328 e. The summed E-state index contributed by atoms with van der Waals surface area (Å²) in [6.45, 7) is 7.96. The number of hydrogen-bond acceptors (Lipinski definition) is 5. The van der Waals surface area contributed by atoms with E-state index in [0.29, 0.717) is 0 Å². The quantitative estimate of drug-likeness (QED) is 0.749. The van der Waals surface area contributed by atoms with E-state index in [1.165, 1.54) is 4.90 Å². The zero-order valence-corrected chi connectivity index (χ0v) is 20.3. The van der Waals surface area contributed by atoms with E-state index in [9.17, 15) is 9.59 Å². The van der Waals surface area contributed by atoms with Gasteiger partial charge in [0.1, 0.15) is 18.5 Å². The fourth-order valence-electron chi connectivity index (χ4n) is 5.23. The van der Waals surface area contributed by atoms with Gasteiger partial charge in [-0.1, -0.05) is 41.4 Å². The van der Waals surface area contributed by atoms with Crippen LogP contribution in [0.1, 0.15) is 28.7 Å². The van der Waals surface area contributed by atoms with Gasteiger partial charge in [-0.25, -0.2) is 4.79 Å². The molecule has 3 amide bonds. The van der Waals surface area contributed by atoms with Crippen molar-refractivity contribution in [2.45, 2.75) is 52.2 Å². The van der Waals surface area contributed by atoms with E-state index in [0.717, 1.165) is 52.5 Å². The first kappa shape index (κ1) is 22.2. The minimum atomic E-state index is -0.425. The van der Waals surface area contributed by atoms with Crippen molar-refractivity contribution in [3.05, 3.63) is 63.7 Å². The fourth-order valence-corrected chi connectivity index (χ4v) is 5.41. The van der Waals surface area contributed by atoms with E-state index in [2.05, 4.69) is 27.2 Å². The number of nitrogens with one attached hydrogen (secondary N) is 1. The zero-order chi connectivity index (χ0) is 23.4. The van der Waals surface area contributed by atoms with Crippen molar-refractivity contribution in [3.8, 4) is 0 Å². The molecule has 8 heteroatoms. The number of rotatable bonds is 3. The van der Waals surface area contributed by atoms with Crippen LogP contribution in [0, 0.1) is 20.8 Å². The van der Waals surface area contributed by atoms with Crippen molar-refractivity contribution >= 4 is 29.2 Å². The monoisotopic (exact) mass is 467 g/mol. The van der Waals surface area contributed by atoms with Crippen molar-refractivity contribution in [1.82, 2.24) is 20.0 Å². The van der Waals surface area contributed by atoms with Crippen molar-refractivity contribution in [1.29, 1.82) is 0 Å². The van der Waals surface area contributed by atoms with E-state index in [-0.39, 0.29) is 30.9 Å². The molecule has 0 aromatic heterocycles. The molecule has 2 aromatic carbocycles. The van der Waals surface area contributed by atoms with Crippen LogP contribution >= 0.6 is 11.6 Å². The molecule has 0 aliphatic carbocycles. The Balaban J connectivity index is 1.45. The SMILES string of the molecule is Cc1ccc(C)c(CN2C(=O)C3C(NC4N(c5ccc(C)c(Cl)c5)CCCN34)N(C)C2=O)c1. The molecule has 0 radical (unpaired) electrons. The summed E-state index contributed by atoms with van der Waals surface area (Å²) in [6.07, 6.45) is 0.383. The van der Waals surface area contributed by atoms with Gasteiger partial charge in [-0.3, -0.25) is 19.9 Å². The Bertz CT molecular complexity index is 1120. The lowest BCUT2D eigenvalue weighted by molar-refractivity contribution is -0.139. The highest BCUT2D eigenvalue weighted by Gasteiger charge is 2.56. The summed E-state index contributed by atoms with van der Waals surface area (Å²) in [7, 11) is 1.78. The van der Waals surface area contributed by atoms with Gasteiger partial charge in [0, 0.05) is 30.8 Å². The largest absolute Gasteiger partial charge is 0.343 e. The van der Waals surface area contributed by atoms with Gasteiger partial charge >= 0.3 is 6.03 Å². The van der Waals surface area contributed by atoms with Gasteiger partial charge in [-0.15, -0.1) is 0 Å². The van der Waals surface area contributed by atoms with Gasteiger partial charge in [0.2, 0.25) is 0 Å². The molecule has 3 aliphatic heterocycles. The average Bonchev–Trinajstić information content (AvgIpc) is 3.19. The van der Waals surface area contributed by atoms with Crippen LogP contribution in [0.5, 0.6) is 0 Å². The molecule has 3 atom stereocenters. The third kappa shape index (κ3) is 3.68. The molecule has 7 nitrogen and oxygen atoms in total. The number of carbonyl (C=O) groups excluding carboxylic acids is 2. The molecule has 2 aromatic rings.